The smallest absolute Gasteiger partial charge is 0.240 e. The summed E-state index contributed by atoms with van der Waals surface area (Å²) in [7, 11) is -3.58. The van der Waals surface area contributed by atoms with Crippen molar-refractivity contribution in [3.05, 3.63) is 28.8 Å². The van der Waals surface area contributed by atoms with E-state index in [1.54, 1.807) is 6.07 Å². The number of nitrogens with two attached hydrogens (primary N) is 1. The molecule has 0 aliphatic carbocycles. The first-order valence-corrected chi connectivity index (χ1v) is 7.92. The monoisotopic (exact) mass is 304 g/mol. The second-order valence-corrected chi connectivity index (χ2v) is 6.67. The van der Waals surface area contributed by atoms with Gasteiger partial charge < -0.3 is 10.5 Å². The maximum absolute atomic E-state index is 12.2. The normalized spacial score (nSPS) is 23.7. The van der Waals surface area contributed by atoms with Gasteiger partial charge in [0.15, 0.2) is 0 Å². The maximum atomic E-state index is 12.2. The molecule has 7 heteroatoms. The van der Waals surface area contributed by atoms with E-state index >= 15 is 0 Å². The summed E-state index contributed by atoms with van der Waals surface area (Å²) in [5.74, 6) is 0. The lowest BCUT2D eigenvalue weighted by Crippen LogP contribution is -2.39. The van der Waals surface area contributed by atoms with Gasteiger partial charge in [0.05, 0.1) is 17.0 Å². The van der Waals surface area contributed by atoms with Crippen LogP contribution in [0, 0.1) is 0 Å². The number of hydrogen-bond donors (Lipinski definition) is 2. The lowest BCUT2D eigenvalue weighted by molar-refractivity contribution is 0.117. The Hall–Kier alpha value is -0.660. The molecule has 0 radical (unpaired) electrons. The maximum Gasteiger partial charge on any atom is 0.240 e. The van der Waals surface area contributed by atoms with E-state index in [1.807, 2.05) is 6.92 Å². The minimum absolute atomic E-state index is 0.117. The van der Waals surface area contributed by atoms with Gasteiger partial charge in [-0.25, -0.2) is 13.1 Å². The third kappa shape index (κ3) is 3.27. The fourth-order valence-corrected chi connectivity index (χ4v) is 3.70. The van der Waals surface area contributed by atoms with Gasteiger partial charge in [0, 0.05) is 18.2 Å². The number of sulfonamides is 1. The SMILES string of the molecule is CC1OCCC1NS(=O)(=O)c1ccc(CN)c(Cl)c1. The Morgan fingerprint density at radius 3 is 2.79 bits per heavy atom. The van der Waals surface area contributed by atoms with Gasteiger partial charge in [-0.15, -0.1) is 0 Å². The summed E-state index contributed by atoms with van der Waals surface area (Å²) in [6, 6.07) is 4.37. The molecular weight excluding hydrogens is 288 g/mol. The molecule has 0 saturated carbocycles. The van der Waals surface area contributed by atoms with E-state index in [2.05, 4.69) is 4.72 Å². The summed E-state index contributed by atoms with van der Waals surface area (Å²) in [5.41, 5.74) is 6.21. The molecule has 1 heterocycles. The van der Waals surface area contributed by atoms with E-state index in [4.69, 9.17) is 22.1 Å². The summed E-state index contributed by atoms with van der Waals surface area (Å²) in [4.78, 5) is 0.147. The van der Waals surface area contributed by atoms with E-state index in [0.717, 1.165) is 5.56 Å². The molecule has 3 N–H and O–H groups in total. The standard InChI is InChI=1S/C12H17ClN2O3S/c1-8-12(4-5-18-8)15-19(16,17)10-3-2-9(7-14)11(13)6-10/h2-3,6,8,12,15H,4-5,7,14H2,1H3. The lowest BCUT2D eigenvalue weighted by atomic mass is 10.2. The molecule has 0 amide bonds. The van der Waals surface area contributed by atoms with Crippen molar-refractivity contribution in [1.29, 1.82) is 0 Å². The highest BCUT2D eigenvalue weighted by atomic mass is 35.5. The summed E-state index contributed by atoms with van der Waals surface area (Å²) in [5, 5.41) is 0.362. The van der Waals surface area contributed by atoms with Crippen LogP contribution >= 0.6 is 11.6 Å². The third-order valence-corrected chi connectivity index (χ3v) is 5.08. The van der Waals surface area contributed by atoms with Gasteiger partial charge in [-0.1, -0.05) is 17.7 Å². The van der Waals surface area contributed by atoms with Crippen LogP contribution < -0.4 is 10.5 Å². The number of rotatable bonds is 4. The van der Waals surface area contributed by atoms with Crippen LogP contribution in [0.25, 0.3) is 0 Å². The second kappa shape index (κ2) is 5.76. The van der Waals surface area contributed by atoms with E-state index in [0.29, 0.717) is 18.1 Å². The zero-order valence-electron chi connectivity index (χ0n) is 10.6. The first kappa shape index (κ1) is 14.7. The largest absolute Gasteiger partial charge is 0.377 e. The van der Waals surface area contributed by atoms with Crippen molar-refractivity contribution in [2.75, 3.05) is 6.61 Å². The first-order valence-electron chi connectivity index (χ1n) is 6.06. The van der Waals surface area contributed by atoms with Gasteiger partial charge >= 0.3 is 0 Å². The molecule has 1 aliphatic rings. The number of halogens is 1. The predicted molar refractivity (Wildman–Crippen MR) is 73.5 cm³/mol. The molecule has 2 unspecified atom stereocenters. The minimum Gasteiger partial charge on any atom is -0.377 e. The van der Waals surface area contributed by atoms with E-state index in [-0.39, 0.29) is 23.6 Å². The molecule has 0 spiro atoms. The van der Waals surface area contributed by atoms with Crippen LogP contribution in [0.4, 0.5) is 0 Å². The molecular formula is C12H17ClN2O3S. The summed E-state index contributed by atoms with van der Waals surface area (Å²) in [6.07, 6.45) is 0.559. The number of ether oxygens (including phenoxy) is 1. The van der Waals surface area contributed by atoms with Crippen molar-refractivity contribution < 1.29 is 13.2 Å². The highest BCUT2D eigenvalue weighted by molar-refractivity contribution is 7.89. The van der Waals surface area contributed by atoms with Crippen molar-refractivity contribution in [2.45, 2.75) is 36.9 Å². The zero-order chi connectivity index (χ0) is 14.0. The van der Waals surface area contributed by atoms with Gasteiger partial charge in [-0.3, -0.25) is 0 Å². The Kier molecular flexibility index (Phi) is 4.47. The molecule has 19 heavy (non-hydrogen) atoms. The molecule has 1 saturated heterocycles. The molecule has 0 bridgehead atoms. The molecule has 0 aromatic heterocycles. The van der Waals surface area contributed by atoms with Gasteiger partial charge in [0.1, 0.15) is 0 Å². The average Bonchev–Trinajstić information content (AvgIpc) is 2.74. The molecule has 1 fully saturated rings. The second-order valence-electron chi connectivity index (χ2n) is 4.55. The van der Waals surface area contributed by atoms with Crippen molar-refractivity contribution in [3.8, 4) is 0 Å². The van der Waals surface area contributed by atoms with Crippen LogP contribution in [0.2, 0.25) is 5.02 Å². The first-order chi connectivity index (χ1) is 8.94. The van der Waals surface area contributed by atoms with Crippen molar-refractivity contribution >= 4 is 21.6 Å². The number of hydrogen-bond acceptors (Lipinski definition) is 4. The Morgan fingerprint density at radius 1 is 1.53 bits per heavy atom. The fourth-order valence-electron chi connectivity index (χ4n) is 2.01. The van der Waals surface area contributed by atoms with Crippen LogP contribution in [-0.2, 0) is 21.3 Å². The minimum atomic E-state index is -3.58. The number of nitrogens with one attached hydrogen (secondary N) is 1. The summed E-state index contributed by atoms with van der Waals surface area (Å²) in [6.45, 7) is 2.70. The van der Waals surface area contributed by atoms with Crippen molar-refractivity contribution in [1.82, 2.24) is 4.72 Å². The van der Waals surface area contributed by atoms with Crippen LogP contribution in [0.1, 0.15) is 18.9 Å². The molecule has 1 aliphatic heterocycles. The average molecular weight is 305 g/mol. The molecule has 5 nitrogen and oxygen atoms in total. The lowest BCUT2D eigenvalue weighted by Gasteiger charge is -2.16. The molecule has 2 atom stereocenters. The highest BCUT2D eigenvalue weighted by Gasteiger charge is 2.29. The van der Waals surface area contributed by atoms with Crippen LogP contribution in [0.15, 0.2) is 23.1 Å². The Morgan fingerprint density at radius 2 is 2.26 bits per heavy atom. The quantitative estimate of drug-likeness (QED) is 0.877. The van der Waals surface area contributed by atoms with Gasteiger partial charge in [-0.05, 0) is 31.0 Å². The van der Waals surface area contributed by atoms with E-state index < -0.39 is 10.0 Å². The van der Waals surface area contributed by atoms with Crippen LogP contribution in [0.3, 0.4) is 0 Å². The fraction of sp³-hybridized carbons (Fsp3) is 0.500. The third-order valence-electron chi connectivity index (χ3n) is 3.24. The van der Waals surface area contributed by atoms with Gasteiger partial charge in [0.2, 0.25) is 10.0 Å². The van der Waals surface area contributed by atoms with Crippen molar-refractivity contribution in [2.24, 2.45) is 5.73 Å². The predicted octanol–water partition coefficient (Wildman–Crippen LogP) is 1.25. The summed E-state index contributed by atoms with van der Waals surface area (Å²) < 4.78 is 32.4. The van der Waals surface area contributed by atoms with Crippen LogP contribution in [0.5, 0.6) is 0 Å². The Labute approximate surface area is 118 Å². The Bertz CT molecular complexity index is 562. The van der Waals surface area contributed by atoms with Crippen LogP contribution in [-0.4, -0.2) is 27.2 Å². The Balaban J connectivity index is 2.22. The molecule has 2 rings (SSSR count). The zero-order valence-corrected chi connectivity index (χ0v) is 12.2. The van der Waals surface area contributed by atoms with E-state index in [9.17, 15) is 8.42 Å². The molecule has 106 valence electrons. The van der Waals surface area contributed by atoms with Gasteiger partial charge in [0.25, 0.3) is 0 Å². The number of benzene rings is 1. The molecule has 1 aromatic carbocycles. The van der Waals surface area contributed by atoms with Gasteiger partial charge in [-0.2, -0.15) is 0 Å². The van der Waals surface area contributed by atoms with Crippen molar-refractivity contribution in [3.63, 3.8) is 0 Å². The highest BCUT2D eigenvalue weighted by Crippen LogP contribution is 2.22. The molecule has 1 aromatic rings. The topological polar surface area (TPSA) is 81.4 Å². The summed E-state index contributed by atoms with van der Waals surface area (Å²) >= 11 is 5.98. The van der Waals surface area contributed by atoms with E-state index in [1.165, 1.54) is 12.1 Å².